The number of nitrogens with one attached hydrogen (secondary N) is 1. The van der Waals surface area contributed by atoms with Gasteiger partial charge in [-0.05, 0) is 13.3 Å². The summed E-state index contributed by atoms with van der Waals surface area (Å²) < 4.78 is 0. The van der Waals surface area contributed by atoms with E-state index in [0.29, 0.717) is 31.6 Å². The average molecular weight is 303 g/mol. The zero-order chi connectivity index (χ0) is 15.1. The first-order valence-electron chi connectivity index (χ1n) is 6.48. The molecule has 118 valence electrons. The van der Waals surface area contributed by atoms with Crippen LogP contribution in [0.2, 0.25) is 0 Å². The van der Waals surface area contributed by atoms with E-state index in [1.807, 2.05) is 0 Å². The molecule has 10 nitrogen and oxygen atoms in total. The van der Waals surface area contributed by atoms with E-state index in [-0.39, 0.29) is 12.3 Å². The third-order valence-corrected chi connectivity index (χ3v) is 2.53. The number of hydroxylamine groups is 2. The Bertz CT molecular complexity index is 389. The van der Waals surface area contributed by atoms with E-state index in [4.69, 9.17) is 24.2 Å². The Kier molecular flexibility index (Phi) is 5.75. The molecule has 0 aliphatic carbocycles. The topological polar surface area (TPSA) is 98.8 Å². The number of carbonyl (C=O) groups is 2. The first kappa shape index (κ1) is 15.5. The van der Waals surface area contributed by atoms with E-state index in [1.54, 1.807) is 0 Å². The van der Waals surface area contributed by atoms with Crippen molar-refractivity contribution >= 4 is 11.9 Å². The number of rotatable bonds is 7. The summed E-state index contributed by atoms with van der Waals surface area (Å²) in [6.45, 7) is 2.55. The van der Waals surface area contributed by atoms with E-state index in [0.717, 1.165) is 0 Å². The van der Waals surface area contributed by atoms with Gasteiger partial charge in [0.15, 0.2) is 12.5 Å². The highest BCUT2D eigenvalue weighted by Crippen LogP contribution is 2.06. The third-order valence-electron chi connectivity index (χ3n) is 2.53. The molecular weight excluding hydrogens is 286 g/mol. The van der Waals surface area contributed by atoms with E-state index in [9.17, 15) is 9.59 Å². The molecule has 2 heterocycles. The van der Waals surface area contributed by atoms with Gasteiger partial charge in [-0.25, -0.2) is 14.5 Å². The van der Waals surface area contributed by atoms with Gasteiger partial charge in [0.05, 0.1) is 6.54 Å². The van der Waals surface area contributed by atoms with Crippen LogP contribution in [-0.4, -0.2) is 48.3 Å². The molecule has 2 aliphatic rings. The largest absolute Gasteiger partial charge is 0.376 e. The van der Waals surface area contributed by atoms with Gasteiger partial charge in [-0.15, -0.1) is 0 Å². The predicted octanol–water partition coefficient (Wildman–Crippen LogP) is -0.442. The zero-order valence-corrected chi connectivity index (χ0v) is 11.5. The standard InChI is InChI=1S/C11H17N3O7/c1-9(11(16)21-14-19-7-8-20-14)12-10(15)3-2-4-13-17-5-6-18-13/h5-6,9H,2-4,7-8H2,1H3,(H,12,15)/t9-/m0/s1. The maximum Gasteiger partial charge on any atom is 0.352 e. The fourth-order valence-corrected chi connectivity index (χ4v) is 1.52. The van der Waals surface area contributed by atoms with Crippen molar-refractivity contribution in [1.29, 1.82) is 0 Å². The molecule has 0 bridgehead atoms. The lowest BCUT2D eigenvalue weighted by Crippen LogP contribution is -2.41. The van der Waals surface area contributed by atoms with Crippen molar-refractivity contribution < 1.29 is 33.8 Å². The highest BCUT2D eigenvalue weighted by atomic mass is 17.2. The summed E-state index contributed by atoms with van der Waals surface area (Å²) in [4.78, 5) is 47.5. The summed E-state index contributed by atoms with van der Waals surface area (Å²) in [5, 5.41) is 4.39. The van der Waals surface area contributed by atoms with Gasteiger partial charge in [-0.1, -0.05) is 0 Å². The molecule has 0 aromatic heterocycles. The van der Waals surface area contributed by atoms with Crippen molar-refractivity contribution in [2.45, 2.75) is 25.8 Å². The molecule has 0 saturated carbocycles. The summed E-state index contributed by atoms with van der Waals surface area (Å²) >= 11 is 0. The lowest BCUT2D eigenvalue weighted by Gasteiger charge is -2.16. The van der Waals surface area contributed by atoms with Crippen molar-refractivity contribution in [3.8, 4) is 0 Å². The highest BCUT2D eigenvalue weighted by Gasteiger charge is 2.24. The molecule has 21 heavy (non-hydrogen) atoms. The van der Waals surface area contributed by atoms with Crippen molar-refractivity contribution in [3.63, 3.8) is 0 Å². The summed E-state index contributed by atoms with van der Waals surface area (Å²) in [5.41, 5.74) is 0. The fourth-order valence-electron chi connectivity index (χ4n) is 1.52. The summed E-state index contributed by atoms with van der Waals surface area (Å²) in [6, 6.07) is -0.814. The first-order valence-corrected chi connectivity index (χ1v) is 6.48. The number of amides is 1. The lowest BCUT2D eigenvalue weighted by atomic mass is 10.2. The lowest BCUT2D eigenvalue weighted by molar-refractivity contribution is -0.460. The van der Waals surface area contributed by atoms with Crippen LogP contribution < -0.4 is 5.32 Å². The SMILES string of the molecule is C[C@H](NC(=O)CCCN1OC=CO1)C(=O)ON1OCCO1. The molecule has 0 unspecified atom stereocenters. The van der Waals surface area contributed by atoms with Crippen LogP contribution in [0.1, 0.15) is 19.8 Å². The van der Waals surface area contributed by atoms with Gasteiger partial charge in [-0.2, -0.15) is 0 Å². The minimum absolute atomic E-state index is 0.220. The molecule has 0 aromatic rings. The Balaban J connectivity index is 1.58. The maximum atomic E-state index is 11.7. The molecule has 1 fully saturated rings. The van der Waals surface area contributed by atoms with Crippen LogP contribution in [0.4, 0.5) is 0 Å². The van der Waals surface area contributed by atoms with Crippen LogP contribution >= 0.6 is 0 Å². The number of carbonyl (C=O) groups excluding carboxylic acids is 2. The zero-order valence-electron chi connectivity index (χ0n) is 11.5. The van der Waals surface area contributed by atoms with Crippen molar-refractivity contribution in [2.75, 3.05) is 19.8 Å². The summed E-state index contributed by atoms with van der Waals surface area (Å²) in [6.07, 6.45) is 3.51. The van der Waals surface area contributed by atoms with E-state index in [2.05, 4.69) is 5.32 Å². The minimum atomic E-state index is -0.814. The molecule has 2 rings (SSSR count). The second kappa shape index (κ2) is 7.78. The Morgan fingerprint density at radius 1 is 1.29 bits per heavy atom. The second-order valence-corrected chi connectivity index (χ2v) is 4.23. The van der Waals surface area contributed by atoms with Crippen LogP contribution in [0.5, 0.6) is 0 Å². The summed E-state index contributed by atoms with van der Waals surface area (Å²) in [5.74, 6) is -0.962. The van der Waals surface area contributed by atoms with Crippen LogP contribution in [0.25, 0.3) is 0 Å². The average Bonchev–Trinajstić information content (AvgIpc) is 3.11. The van der Waals surface area contributed by atoms with Crippen LogP contribution in [0.3, 0.4) is 0 Å². The Hall–Kier alpha value is -1.88. The van der Waals surface area contributed by atoms with Gasteiger partial charge >= 0.3 is 5.97 Å². The quantitative estimate of drug-likeness (QED) is 0.670. The Labute approximate surface area is 120 Å². The molecule has 1 atom stereocenters. The predicted molar refractivity (Wildman–Crippen MR) is 64.7 cm³/mol. The van der Waals surface area contributed by atoms with E-state index in [1.165, 1.54) is 24.7 Å². The van der Waals surface area contributed by atoms with Crippen LogP contribution in [0.15, 0.2) is 12.5 Å². The van der Waals surface area contributed by atoms with E-state index < -0.39 is 12.0 Å². The Morgan fingerprint density at radius 3 is 2.62 bits per heavy atom. The molecule has 0 spiro atoms. The van der Waals surface area contributed by atoms with Gasteiger partial charge in [0.1, 0.15) is 24.6 Å². The van der Waals surface area contributed by atoms with Gasteiger partial charge in [0.2, 0.25) is 5.91 Å². The number of hydrogen-bond donors (Lipinski definition) is 1. The smallest absolute Gasteiger partial charge is 0.352 e. The van der Waals surface area contributed by atoms with Crippen molar-refractivity contribution in [3.05, 3.63) is 12.5 Å². The molecule has 1 saturated heterocycles. The number of hydrogen-bond acceptors (Lipinski definition) is 9. The van der Waals surface area contributed by atoms with Gasteiger partial charge in [0, 0.05) is 11.6 Å². The molecular formula is C11H17N3O7. The van der Waals surface area contributed by atoms with Gasteiger partial charge in [-0.3, -0.25) is 4.79 Å². The monoisotopic (exact) mass is 303 g/mol. The second-order valence-electron chi connectivity index (χ2n) is 4.23. The van der Waals surface area contributed by atoms with Crippen molar-refractivity contribution in [2.24, 2.45) is 0 Å². The normalized spacial score (nSPS) is 19.9. The fraction of sp³-hybridized carbons (Fsp3) is 0.636. The van der Waals surface area contributed by atoms with Crippen molar-refractivity contribution in [1.82, 2.24) is 15.9 Å². The maximum absolute atomic E-state index is 11.7. The van der Waals surface area contributed by atoms with Gasteiger partial charge in [0.25, 0.3) is 0 Å². The molecule has 0 radical (unpaired) electrons. The molecule has 10 heteroatoms. The Morgan fingerprint density at radius 2 is 1.95 bits per heavy atom. The highest BCUT2D eigenvalue weighted by molar-refractivity contribution is 5.83. The minimum Gasteiger partial charge on any atom is -0.376 e. The first-order chi connectivity index (χ1) is 10.1. The van der Waals surface area contributed by atoms with E-state index >= 15 is 0 Å². The molecule has 0 aromatic carbocycles. The number of nitrogens with zero attached hydrogens (tertiary/aromatic N) is 2. The van der Waals surface area contributed by atoms with Crippen LogP contribution in [-0.2, 0) is 33.8 Å². The van der Waals surface area contributed by atoms with Gasteiger partial charge < -0.3 is 19.8 Å². The summed E-state index contributed by atoms with van der Waals surface area (Å²) in [7, 11) is 0. The molecule has 1 amide bonds. The third kappa shape index (κ3) is 5.19. The molecule has 1 N–H and O–H groups in total. The molecule has 2 aliphatic heterocycles. The van der Waals surface area contributed by atoms with Crippen LogP contribution in [0, 0.1) is 0 Å².